The standard InChI is InChI=1S/C26H31FN2O7/c1-14(2)29-21(17-6-4-5-7-19(17)27)18(12-15-8-10-16(34-3)11-9-15)25(28-29)36-26-24(33)23(32)22(31)20(13-30)35-26/h4-11,14,20,22-24,26,30-33H,12-13H2,1-3H3/t20-,22-,23+,24-,26+/m1/s1. The van der Waals surface area contributed by atoms with Crippen LogP contribution in [0.25, 0.3) is 11.3 Å². The Bertz CT molecular complexity index is 1170. The minimum Gasteiger partial charge on any atom is -0.497 e. The second-order valence-electron chi connectivity index (χ2n) is 8.99. The maximum absolute atomic E-state index is 15.0. The Kier molecular flexibility index (Phi) is 7.91. The number of benzene rings is 2. The highest BCUT2D eigenvalue weighted by atomic mass is 19.1. The predicted molar refractivity (Wildman–Crippen MR) is 128 cm³/mol. The van der Waals surface area contributed by atoms with Gasteiger partial charge in [0.1, 0.15) is 36.0 Å². The average Bonchev–Trinajstić information content (AvgIpc) is 3.22. The summed E-state index contributed by atoms with van der Waals surface area (Å²) < 4.78 is 33.4. The van der Waals surface area contributed by atoms with Crippen molar-refractivity contribution in [3.8, 4) is 22.9 Å². The molecule has 10 heteroatoms. The number of nitrogens with zero attached hydrogens (tertiary/aromatic N) is 2. The van der Waals surface area contributed by atoms with E-state index >= 15 is 4.39 Å². The van der Waals surface area contributed by atoms with Crippen LogP contribution in [0, 0.1) is 5.82 Å². The van der Waals surface area contributed by atoms with Gasteiger partial charge in [-0.15, -0.1) is 5.10 Å². The van der Waals surface area contributed by atoms with Crippen molar-refractivity contribution in [3.05, 3.63) is 65.5 Å². The molecular weight excluding hydrogens is 471 g/mol. The fourth-order valence-electron chi connectivity index (χ4n) is 4.24. The second-order valence-corrected chi connectivity index (χ2v) is 8.99. The van der Waals surface area contributed by atoms with Crippen molar-refractivity contribution < 1.29 is 39.0 Å². The van der Waals surface area contributed by atoms with E-state index in [1.807, 2.05) is 38.1 Å². The van der Waals surface area contributed by atoms with Crippen LogP contribution in [-0.2, 0) is 11.2 Å². The fourth-order valence-corrected chi connectivity index (χ4v) is 4.24. The molecule has 1 saturated heterocycles. The lowest BCUT2D eigenvalue weighted by Gasteiger charge is -2.39. The van der Waals surface area contributed by atoms with Crippen molar-refractivity contribution >= 4 is 0 Å². The molecule has 2 heterocycles. The van der Waals surface area contributed by atoms with Crippen molar-refractivity contribution in [2.45, 2.75) is 57.0 Å². The highest BCUT2D eigenvalue weighted by Gasteiger charge is 2.45. The van der Waals surface area contributed by atoms with Gasteiger partial charge in [0.25, 0.3) is 0 Å². The number of aliphatic hydroxyl groups excluding tert-OH is 4. The number of aromatic nitrogens is 2. The zero-order valence-corrected chi connectivity index (χ0v) is 20.3. The van der Waals surface area contributed by atoms with Gasteiger partial charge in [0, 0.05) is 23.6 Å². The second kappa shape index (κ2) is 10.9. The van der Waals surface area contributed by atoms with Crippen LogP contribution in [0.5, 0.6) is 11.6 Å². The minimum absolute atomic E-state index is 0.0714. The molecule has 0 aliphatic carbocycles. The number of methoxy groups -OCH3 is 1. The van der Waals surface area contributed by atoms with E-state index in [0.29, 0.717) is 29.0 Å². The normalized spacial score (nSPS) is 24.2. The Morgan fingerprint density at radius 3 is 2.33 bits per heavy atom. The lowest BCUT2D eigenvalue weighted by molar-refractivity contribution is -0.278. The third-order valence-corrected chi connectivity index (χ3v) is 6.21. The Labute approximate surface area is 208 Å². The van der Waals surface area contributed by atoms with Crippen LogP contribution in [0.1, 0.15) is 31.0 Å². The third kappa shape index (κ3) is 5.09. The largest absolute Gasteiger partial charge is 0.497 e. The molecule has 1 fully saturated rings. The molecule has 0 saturated carbocycles. The van der Waals surface area contributed by atoms with Crippen molar-refractivity contribution in [2.24, 2.45) is 0 Å². The van der Waals surface area contributed by atoms with Gasteiger partial charge in [0.05, 0.1) is 19.4 Å². The van der Waals surface area contributed by atoms with E-state index in [-0.39, 0.29) is 11.9 Å². The SMILES string of the molecule is COc1ccc(Cc2c(O[C@@H]3O[C@H](CO)[C@@H](O)[C@H](O)[C@H]3O)nn(C(C)C)c2-c2ccccc2F)cc1. The van der Waals surface area contributed by atoms with Crippen LogP contribution in [0.3, 0.4) is 0 Å². The van der Waals surface area contributed by atoms with Gasteiger partial charge in [0.2, 0.25) is 12.2 Å². The quantitative estimate of drug-likeness (QED) is 0.369. The summed E-state index contributed by atoms with van der Waals surface area (Å²) in [5.74, 6) is 0.320. The fraction of sp³-hybridized carbons (Fsp3) is 0.423. The molecule has 194 valence electrons. The van der Waals surface area contributed by atoms with Crippen LogP contribution in [0.15, 0.2) is 48.5 Å². The predicted octanol–water partition coefficient (Wildman–Crippen LogP) is 2.05. The molecule has 4 N–H and O–H groups in total. The number of ether oxygens (including phenoxy) is 3. The maximum Gasteiger partial charge on any atom is 0.239 e. The first-order valence-electron chi connectivity index (χ1n) is 11.7. The summed E-state index contributed by atoms with van der Waals surface area (Å²) in [6.07, 6.45) is -7.02. The van der Waals surface area contributed by atoms with Crippen LogP contribution in [0.2, 0.25) is 0 Å². The monoisotopic (exact) mass is 502 g/mol. The summed E-state index contributed by atoms with van der Waals surface area (Å²) in [6, 6.07) is 13.5. The van der Waals surface area contributed by atoms with E-state index < -0.39 is 43.1 Å². The van der Waals surface area contributed by atoms with Crippen LogP contribution in [-0.4, -0.2) is 74.6 Å². The van der Waals surface area contributed by atoms with Crippen LogP contribution in [0.4, 0.5) is 4.39 Å². The molecular formula is C26H31FN2O7. The molecule has 0 spiro atoms. The molecule has 1 aliphatic heterocycles. The highest BCUT2D eigenvalue weighted by Crippen LogP contribution is 2.37. The summed E-state index contributed by atoms with van der Waals surface area (Å²) >= 11 is 0. The van der Waals surface area contributed by atoms with E-state index in [4.69, 9.17) is 14.2 Å². The summed E-state index contributed by atoms with van der Waals surface area (Å²) in [5, 5.41) is 45.0. The number of aliphatic hydroxyl groups is 4. The molecule has 0 radical (unpaired) electrons. The molecule has 9 nitrogen and oxygen atoms in total. The van der Waals surface area contributed by atoms with E-state index in [1.54, 1.807) is 30.0 Å². The Morgan fingerprint density at radius 1 is 1.03 bits per heavy atom. The summed E-state index contributed by atoms with van der Waals surface area (Å²) in [6.45, 7) is 3.20. The third-order valence-electron chi connectivity index (χ3n) is 6.21. The summed E-state index contributed by atoms with van der Waals surface area (Å²) in [5.41, 5.74) is 2.23. The van der Waals surface area contributed by atoms with E-state index in [2.05, 4.69) is 5.10 Å². The van der Waals surface area contributed by atoms with Gasteiger partial charge < -0.3 is 34.6 Å². The van der Waals surface area contributed by atoms with Crippen molar-refractivity contribution in [1.82, 2.24) is 9.78 Å². The molecule has 0 unspecified atom stereocenters. The van der Waals surface area contributed by atoms with Gasteiger partial charge in [-0.1, -0.05) is 24.3 Å². The van der Waals surface area contributed by atoms with Crippen molar-refractivity contribution in [2.75, 3.05) is 13.7 Å². The molecule has 0 bridgehead atoms. The van der Waals surface area contributed by atoms with Gasteiger partial charge in [-0.3, -0.25) is 4.68 Å². The van der Waals surface area contributed by atoms with Crippen molar-refractivity contribution in [3.63, 3.8) is 0 Å². The minimum atomic E-state index is -1.61. The first kappa shape index (κ1) is 26.1. The lowest BCUT2D eigenvalue weighted by atomic mass is 9.99. The first-order chi connectivity index (χ1) is 17.2. The Morgan fingerprint density at radius 2 is 1.72 bits per heavy atom. The van der Waals surface area contributed by atoms with Crippen LogP contribution >= 0.6 is 0 Å². The van der Waals surface area contributed by atoms with Crippen LogP contribution < -0.4 is 9.47 Å². The number of halogens is 1. The van der Waals surface area contributed by atoms with Gasteiger partial charge in [-0.2, -0.15) is 0 Å². The van der Waals surface area contributed by atoms with Gasteiger partial charge >= 0.3 is 0 Å². The summed E-state index contributed by atoms with van der Waals surface area (Å²) in [7, 11) is 1.57. The topological polar surface area (TPSA) is 126 Å². The molecule has 5 atom stereocenters. The molecule has 4 rings (SSSR count). The average molecular weight is 503 g/mol. The number of hydrogen-bond acceptors (Lipinski definition) is 8. The molecule has 1 aliphatic rings. The van der Waals surface area contributed by atoms with Crippen molar-refractivity contribution in [1.29, 1.82) is 0 Å². The number of hydrogen-bond donors (Lipinski definition) is 4. The smallest absolute Gasteiger partial charge is 0.239 e. The van der Waals surface area contributed by atoms with E-state index in [9.17, 15) is 20.4 Å². The van der Waals surface area contributed by atoms with E-state index in [1.165, 1.54) is 6.07 Å². The number of rotatable bonds is 8. The Balaban J connectivity index is 1.81. The lowest BCUT2D eigenvalue weighted by Crippen LogP contribution is -2.60. The van der Waals surface area contributed by atoms with E-state index in [0.717, 1.165) is 5.56 Å². The molecule has 36 heavy (non-hydrogen) atoms. The van der Waals surface area contributed by atoms with Gasteiger partial charge in [0.15, 0.2) is 0 Å². The Hall–Kier alpha value is -3.02. The molecule has 1 aromatic heterocycles. The molecule has 0 amide bonds. The maximum atomic E-state index is 15.0. The van der Waals surface area contributed by atoms with Gasteiger partial charge in [-0.05, 0) is 43.7 Å². The first-order valence-corrected chi connectivity index (χ1v) is 11.7. The summed E-state index contributed by atoms with van der Waals surface area (Å²) in [4.78, 5) is 0. The zero-order valence-electron chi connectivity index (χ0n) is 20.3. The highest BCUT2D eigenvalue weighted by molar-refractivity contribution is 5.67. The van der Waals surface area contributed by atoms with Gasteiger partial charge in [-0.25, -0.2) is 4.39 Å². The molecule has 2 aromatic carbocycles. The zero-order chi connectivity index (χ0) is 26.0. The molecule has 3 aromatic rings.